The van der Waals surface area contributed by atoms with Gasteiger partial charge in [-0.1, -0.05) is 143 Å². The van der Waals surface area contributed by atoms with E-state index in [2.05, 4.69) is 133 Å². The van der Waals surface area contributed by atoms with Crippen molar-refractivity contribution in [3.8, 4) is 11.5 Å². The van der Waals surface area contributed by atoms with Gasteiger partial charge in [0.15, 0.2) is 8.07 Å². The Labute approximate surface area is 245 Å². The maximum atomic E-state index is 6.69. The average molecular weight is 552 g/mol. The minimum Gasteiger partial charge on any atom is -0.458 e. The van der Waals surface area contributed by atoms with Gasteiger partial charge in [0, 0.05) is 9.79 Å². The molecule has 1 nitrogen and oxygen atoms in total. The highest BCUT2D eigenvalue weighted by atomic mass is 32.2. The molecule has 0 radical (unpaired) electrons. The van der Waals surface area contributed by atoms with Gasteiger partial charge in [-0.25, -0.2) is 0 Å². The van der Waals surface area contributed by atoms with E-state index < -0.39 is 8.07 Å². The topological polar surface area (TPSA) is 9.23 Å². The number of rotatable bonds is 0. The van der Waals surface area contributed by atoms with Crippen LogP contribution in [0.2, 0.25) is 0 Å². The Morgan fingerprint density at radius 2 is 0.927 bits per heavy atom. The second-order valence-corrected chi connectivity index (χ2v) is 16.2. The molecule has 1 unspecified atom stereocenters. The molecule has 0 bridgehead atoms. The number of ether oxygens (including phenoxy) is 1. The van der Waals surface area contributed by atoms with Crippen LogP contribution in [0.1, 0.15) is 0 Å². The summed E-state index contributed by atoms with van der Waals surface area (Å²) in [5, 5.41) is 6.07. The zero-order chi connectivity index (χ0) is 26.7. The standard InChI is InChI=1S/C36H22B2OSSi/c1-5-15-27-23(11-1)37-25-13-3-7-19-31(25)41(33-21-9-16-28(39-27)35(33)37)32-20-8-4-14-26(32)38-24-12-2-6-17-29(24)40-30-18-10-22-34(41)36(30)38/h1-22H. The molecular formula is C36H22B2OSSi. The molecule has 4 heterocycles. The fourth-order valence-corrected chi connectivity index (χ4v) is 15.4. The molecule has 5 heteroatoms. The zero-order valence-corrected chi connectivity index (χ0v) is 24.0. The SMILES string of the molecule is c1ccc2c(c1)Oc1cccc3c1B2c1ccccc1[Si]31c2ccccc2B2c3ccccc3Sc3cccc1c32. The fourth-order valence-electron chi connectivity index (χ4n) is 8.38. The first-order valence-electron chi connectivity index (χ1n) is 14.3. The predicted octanol–water partition coefficient (Wildman–Crippen LogP) is 1.29. The molecule has 0 saturated heterocycles. The molecule has 41 heavy (non-hydrogen) atoms. The van der Waals surface area contributed by atoms with Gasteiger partial charge in [0.05, 0.1) is 0 Å². The van der Waals surface area contributed by atoms with Crippen LogP contribution >= 0.6 is 11.8 Å². The van der Waals surface area contributed by atoms with Crippen molar-refractivity contribution >= 4 is 86.8 Å². The van der Waals surface area contributed by atoms with E-state index in [1.807, 2.05) is 11.8 Å². The minimum absolute atomic E-state index is 0.167. The van der Waals surface area contributed by atoms with Gasteiger partial charge in [-0.05, 0) is 55.9 Å². The van der Waals surface area contributed by atoms with Gasteiger partial charge < -0.3 is 4.74 Å². The molecule has 4 aliphatic rings. The summed E-state index contributed by atoms with van der Waals surface area (Å²) in [6.07, 6.45) is 0. The summed E-state index contributed by atoms with van der Waals surface area (Å²) >= 11 is 1.94. The van der Waals surface area contributed by atoms with Crippen LogP contribution in [0.25, 0.3) is 0 Å². The molecule has 6 aromatic carbocycles. The van der Waals surface area contributed by atoms with Gasteiger partial charge >= 0.3 is 0 Å². The highest BCUT2D eigenvalue weighted by Gasteiger charge is 2.57. The highest BCUT2D eigenvalue weighted by molar-refractivity contribution is 8.00. The molecule has 10 rings (SSSR count). The van der Waals surface area contributed by atoms with Crippen molar-refractivity contribution in [1.29, 1.82) is 0 Å². The normalized spacial score (nSPS) is 17.9. The van der Waals surface area contributed by atoms with Crippen LogP contribution in [0.4, 0.5) is 0 Å². The molecule has 0 saturated carbocycles. The van der Waals surface area contributed by atoms with Crippen molar-refractivity contribution < 1.29 is 4.74 Å². The van der Waals surface area contributed by atoms with Crippen LogP contribution in [0.3, 0.4) is 0 Å². The largest absolute Gasteiger partial charge is 0.458 e. The Morgan fingerprint density at radius 3 is 1.71 bits per heavy atom. The molecule has 1 spiro atoms. The Kier molecular flexibility index (Phi) is 4.37. The second-order valence-electron chi connectivity index (χ2n) is 11.5. The molecule has 4 aliphatic heterocycles. The predicted molar refractivity (Wildman–Crippen MR) is 176 cm³/mol. The molecule has 0 fully saturated rings. The lowest BCUT2D eigenvalue weighted by Gasteiger charge is -2.49. The van der Waals surface area contributed by atoms with E-state index in [1.165, 1.54) is 58.1 Å². The monoisotopic (exact) mass is 552 g/mol. The molecule has 0 aromatic heterocycles. The Balaban J connectivity index is 1.40. The van der Waals surface area contributed by atoms with E-state index in [9.17, 15) is 0 Å². The van der Waals surface area contributed by atoms with Crippen molar-refractivity contribution in [2.45, 2.75) is 9.79 Å². The molecule has 188 valence electrons. The third kappa shape index (κ3) is 2.67. The van der Waals surface area contributed by atoms with Crippen molar-refractivity contribution in [1.82, 2.24) is 0 Å². The first-order chi connectivity index (χ1) is 20.4. The van der Waals surface area contributed by atoms with Crippen LogP contribution in [0.5, 0.6) is 11.5 Å². The maximum Gasteiger partial charge on any atom is 0.250 e. The van der Waals surface area contributed by atoms with Crippen LogP contribution in [0, 0.1) is 0 Å². The van der Waals surface area contributed by atoms with E-state index in [0.29, 0.717) is 0 Å². The number of hydrogen-bond acceptors (Lipinski definition) is 2. The maximum absolute atomic E-state index is 6.69. The summed E-state index contributed by atoms with van der Waals surface area (Å²) in [6, 6.07) is 50.4. The van der Waals surface area contributed by atoms with Gasteiger partial charge in [-0.15, -0.1) is 0 Å². The Morgan fingerprint density at radius 1 is 0.415 bits per heavy atom. The fraction of sp³-hybridized carbons (Fsp3) is 0. The molecule has 6 aromatic rings. The van der Waals surface area contributed by atoms with E-state index in [-0.39, 0.29) is 13.4 Å². The van der Waals surface area contributed by atoms with Crippen molar-refractivity contribution in [2.75, 3.05) is 0 Å². The summed E-state index contributed by atoms with van der Waals surface area (Å²) in [6.45, 7) is 0.411. The highest BCUT2D eigenvalue weighted by Crippen LogP contribution is 2.32. The minimum atomic E-state index is -2.70. The third-order valence-electron chi connectivity index (χ3n) is 9.77. The third-order valence-corrected chi connectivity index (χ3v) is 16.0. The zero-order valence-electron chi connectivity index (χ0n) is 22.2. The lowest BCUT2D eigenvalue weighted by Crippen LogP contribution is -2.93. The van der Waals surface area contributed by atoms with Crippen molar-refractivity contribution in [2.24, 2.45) is 0 Å². The van der Waals surface area contributed by atoms with Gasteiger partial charge in [0.1, 0.15) is 11.5 Å². The lowest BCUT2D eigenvalue weighted by atomic mass is 9.35. The van der Waals surface area contributed by atoms with Crippen LogP contribution in [-0.2, 0) is 0 Å². The van der Waals surface area contributed by atoms with E-state index >= 15 is 0 Å². The summed E-state index contributed by atoms with van der Waals surface area (Å²) < 4.78 is 6.69. The molecular weight excluding hydrogens is 530 g/mol. The second kappa shape index (κ2) is 7.97. The summed E-state index contributed by atoms with van der Waals surface area (Å²) in [7, 11) is -2.70. The molecule has 1 atom stereocenters. The summed E-state index contributed by atoms with van der Waals surface area (Å²) in [5.74, 6) is 1.99. The molecule has 0 N–H and O–H groups in total. The van der Waals surface area contributed by atoms with Crippen LogP contribution < -0.4 is 58.3 Å². The van der Waals surface area contributed by atoms with Gasteiger partial charge in [0.2, 0.25) is 6.71 Å². The van der Waals surface area contributed by atoms with Crippen LogP contribution in [-0.4, -0.2) is 21.5 Å². The van der Waals surface area contributed by atoms with E-state index in [1.54, 1.807) is 5.19 Å². The quantitative estimate of drug-likeness (QED) is 0.263. The summed E-state index contributed by atoms with van der Waals surface area (Å²) in [4.78, 5) is 2.78. The molecule has 0 aliphatic carbocycles. The van der Waals surface area contributed by atoms with E-state index in [4.69, 9.17) is 4.74 Å². The Bertz CT molecular complexity index is 1960. The lowest BCUT2D eigenvalue weighted by molar-refractivity contribution is 0.488. The number of benzene rings is 6. The van der Waals surface area contributed by atoms with E-state index in [0.717, 1.165) is 11.5 Å². The van der Waals surface area contributed by atoms with Gasteiger partial charge in [-0.2, -0.15) is 0 Å². The molecule has 0 amide bonds. The summed E-state index contributed by atoms with van der Waals surface area (Å²) in [5.41, 5.74) is 8.49. The van der Waals surface area contributed by atoms with Gasteiger partial charge in [0.25, 0.3) is 6.71 Å². The Hall–Kier alpha value is -4.18. The smallest absolute Gasteiger partial charge is 0.250 e. The average Bonchev–Trinajstić information content (AvgIpc) is 3.03. The first kappa shape index (κ1) is 22.5. The first-order valence-corrected chi connectivity index (χ1v) is 17.2. The van der Waals surface area contributed by atoms with Gasteiger partial charge in [-0.3, -0.25) is 0 Å². The number of para-hydroxylation sites is 1. The number of hydrogen-bond donors (Lipinski definition) is 0. The van der Waals surface area contributed by atoms with Crippen LogP contribution in [0.15, 0.2) is 143 Å². The van der Waals surface area contributed by atoms with Crippen molar-refractivity contribution in [3.63, 3.8) is 0 Å². The number of fused-ring (bicyclic) bond motifs is 12. The van der Waals surface area contributed by atoms with Crippen molar-refractivity contribution in [3.05, 3.63) is 133 Å².